The number of fused-ring (bicyclic) bond motifs is 5. The zero-order valence-corrected chi connectivity index (χ0v) is 50.4. The molecular formula is C72H84O. The van der Waals surface area contributed by atoms with Gasteiger partial charge in [0.2, 0.25) is 0 Å². The lowest BCUT2D eigenvalue weighted by Gasteiger charge is -2.32. The summed E-state index contributed by atoms with van der Waals surface area (Å²) in [7, 11) is 0. The summed E-state index contributed by atoms with van der Waals surface area (Å²) < 4.78 is 7.27. The van der Waals surface area contributed by atoms with Crippen molar-refractivity contribution in [1.29, 1.82) is 0 Å². The molecule has 0 aliphatic heterocycles. The average molecular weight is 965 g/mol. The quantitative estimate of drug-likeness (QED) is 0.160. The lowest BCUT2D eigenvalue weighted by atomic mass is 9.71. The molecule has 9 rings (SSSR count). The van der Waals surface area contributed by atoms with E-state index in [2.05, 4.69) is 194 Å². The van der Waals surface area contributed by atoms with Gasteiger partial charge in [-0.05, 0) is 416 Å². The molecule has 0 unspecified atom stereocenters. The van der Waals surface area contributed by atoms with Crippen LogP contribution in [0, 0.1) is 194 Å². The Morgan fingerprint density at radius 2 is 0.315 bits per heavy atom. The molecule has 0 atom stereocenters. The van der Waals surface area contributed by atoms with Gasteiger partial charge in [0.1, 0.15) is 11.2 Å². The molecule has 0 N–H and O–H groups in total. The normalized spacial score (nSPS) is 12.1. The Kier molecular flexibility index (Phi) is 12.3. The van der Waals surface area contributed by atoms with Gasteiger partial charge in [0.25, 0.3) is 0 Å². The van der Waals surface area contributed by atoms with Crippen LogP contribution < -0.4 is 0 Å². The lowest BCUT2D eigenvalue weighted by Crippen LogP contribution is -2.10. The SMILES string of the molecule is Cc1c(C)c(C)c(-c2c(C)c(C)c(-c3c4c(C)c(C)c(C)c(C)c4c(-c4c(C)c(C)c(C)c5oc6c(C)c(C)c(C)c(C)c6c45)c4c(C)c(C)c(C)c(C)c34)c(C)c2-c2c(C)c(C)c(C)c(C)c2C)c(C)c1C. The van der Waals surface area contributed by atoms with Crippen LogP contribution in [-0.2, 0) is 0 Å². The average Bonchev–Trinajstić information content (AvgIpc) is 3.76. The second kappa shape index (κ2) is 17.3. The molecule has 378 valence electrons. The van der Waals surface area contributed by atoms with Crippen molar-refractivity contribution in [2.75, 3.05) is 0 Å². The van der Waals surface area contributed by atoms with E-state index in [4.69, 9.17) is 4.42 Å². The zero-order chi connectivity index (χ0) is 54.1. The molecular weight excluding hydrogens is 881 g/mol. The third kappa shape index (κ3) is 6.64. The minimum absolute atomic E-state index is 1.02. The van der Waals surface area contributed by atoms with Crippen molar-refractivity contribution in [3.05, 3.63) is 156 Å². The van der Waals surface area contributed by atoms with Gasteiger partial charge in [-0.25, -0.2) is 0 Å². The van der Waals surface area contributed by atoms with Crippen molar-refractivity contribution >= 4 is 43.5 Å². The van der Waals surface area contributed by atoms with E-state index in [-0.39, 0.29) is 0 Å². The first kappa shape index (κ1) is 52.0. The maximum atomic E-state index is 7.27. The van der Waals surface area contributed by atoms with Crippen LogP contribution in [0.25, 0.3) is 88.0 Å². The summed E-state index contributed by atoms with van der Waals surface area (Å²) in [5, 5.41) is 8.05. The maximum Gasteiger partial charge on any atom is 0.139 e. The molecule has 73 heavy (non-hydrogen) atoms. The molecule has 1 heteroatoms. The molecule has 1 aromatic heterocycles. The van der Waals surface area contributed by atoms with E-state index < -0.39 is 0 Å². The number of furan rings is 1. The fourth-order valence-electron chi connectivity index (χ4n) is 14.1. The molecule has 0 saturated heterocycles. The number of hydrogen-bond donors (Lipinski definition) is 0. The summed E-state index contributed by atoms with van der Waals surface area (Å²) in [6.45, 7) is 66.3. The molecule has 0 saturated carbocycles. The predicted octanol–water partition coefficient (Wildman–Crippen LogP) is 21.2. The van der Waals surface area contributed by atoms with Gasteiger partial charge in [-0.15, -0.1) is 0 Å². The van der Waals surface area contributed by atoms with Crippen molar-refractivity contribution in [2.24, 2.45) is 0 Å². The summed E-state index contributed by atoms with van der Waals surface area (Å²) >= 11 is 0. The van der Waals surface area contributed by atoms with E-state index in [9.17, 15) is 0 Å². The van der Waals surface area contributed by atoms with Crippen LogP contribution in [0.1, 0.15) is 156 Å². The minimum Gasteiger partial charge on any atom is -0.455 e. The van der Waals surface area contributed by atoms with Crippen molar-refractivity contribution < 1.29 is 4.42 Å². The summed E-state index contributed by atoms with van der Waals surface area (Å²) in [5.41, 5.74) is 51.2. The molecule has 0 spiro atoms. The van der Waals surface area contributed by atoms with Crippen LogP contribution in [0.3, 0.4) is 0 Å². The topological polar surface area (TPSA) is 13.1 Å². The Hall–Kier alpha value is -5.92. The highest BCUT2D eigenvalue weighted by molar-refractivity contribution is 6.30. The highest BCUT2D eigenvalue weighted by atomic mass is 16.3. The van der Waals surface area contributed by atoms with Crippen LogP contribution >= 0.6 is 0 Å². The number of benzene rings is 8. The Labute approximate surface area is 439 Å². The van der Waals surface area contributed by atoms with E-state index in [1.54, 1.807) is 0 Å². The van der Waals surface area contributed by atoms with E-state index in [0.717, 1.165) is 11.2 Å². The van der Waals surface area contributed by atoms with E-state index >= 15 is 0 Å². The summed E-state index contributed by atoms with van der Waals surface area (Å²) in [4.78, 5) is 0. The third-order valence-electron chi connectivity index (χ3n) is 21.1. The number of aryl methyl sites for hydroxylation is 7. The second-order valence-electron chi connectivity index (χ2n) is 23.5. The Morgan fingerprint density at radius 1 is 0.123 bits per heavy atom. The fraction of sp³-hybridized carbons (Fsp3) is 0.389. The van der Waals surface area contributed by atoms with Gasteiger partial charge in [-0.1, -0.05) is 0 Å². The molecule has 9 aromatic rings. The smallest absolute Gasteiger partial charge is 0.139 e. The highest BCUT2D eigenvalue weighted by Crippen LogP contribution is 2.58. The molecule has 0 aliphatic carbocycles. The van der Waals surface area contributed by atoms with Gasteiger partial charge < -0.3 is 4.42 Å². The van der Waals surface area contributed by atoms with Gasteiger partial charge in [0.05, 0.1) is 0 Å². The van der Waals surface area contributed by atoms with Crippen LogP contribution in [0.4, 0.5) is 0 Å². The second-order valence-corrected chi connectivity index (χ2v) is 23.5. The first-order valence-corrected chi connectivity index (χ1v) is 27.2. The highest BCUT2D eigenvalue weighted by Gasteiger charge is 2.34. The largest absolute Gasteiger partial charge is 0.455 e. The van der Waals surface area contributed by atoms with Gasteiger partial charge in [0.15, 0.2) is 0 Å². The first-order valence-electron chi connectivity index (χ1n) is 27.2. The summed E-state index contributed by atoms with van der Waals surface area (Å²) in [6.07, 6.45) is 0. The summed E-state index contributed by atoms with van der Waals surface area (Å²) in [5.74, 6) is 0. The van der Waals surface area contributed by atoms with Gasteiger partial charge in [-0.2, -0.15) is 0 Å². The molecule has 0 fully saturated rings. The molecule has 1 heterocycles. The van der Waals surface area contributed by atoms with Crippen LogP contribution in [0.5, 0.6) is 0 Å². The zero-order valence-electron chi connectivity index (χ0n) is 50.4. The van der Waals surface area contributed by atoms with Gasteiger partial charge >= 0.3 is 0 Å². The van der Waals surface area contributed by atoms with Crippen molar-refractivity contribution in [2.45, 2.75) is 194 Å². The summed E-state index contributed by atoms with van der Waals surface area (Å²) in [6, 6.07) is 0. The van der Waals surface area contributed by atoms with E-state index in [0.29, 0.717) is 0 Å². The van der Waals surface area contributed by atoms with Gasteiger partial charge in [0, 0.05) is 10.8 Å². The fourth-order valence-corrected chi connectivity index (χ4v) is 14.1. The standard InChI is InChI=1S/C72H84O/c1-29-31(3)42(14)57(43(15)32(29)4)60-53(25)52(24)59(56(28)66(60)58-44(16)33(5)30(2)34(6)45(58)17)68-61-46(18)35(7)37(9)48(20)63(61)69(64-49(21)38(10)36(8)47(19)62(64)68)65-50(22)41(13)55(27)72-70(65)67-51(23)39(11)40(12)54(26)71(67)73-72/h1-28H3. The maximum absolute atomic E-state index is 7.27. The Morgan fingerprint density at radius 3 is 0.671 bits per heavy atom. The predicted molar refractivity (Wildman–Crippen MR) is 323 cm³/mol. The molecule has 0 radical (unpaired) electrons. The van der Waals surface area contributed by atoms with Crippen molar-refractivity contribution in [3.8, 4) is 44.5 Å². The van der Waals surface area contributed by atoms with E-state index in [1.165, 1.54) is 233 Å². The molecule has 0 aliphatic rings. The number of rotatable bonds is 4. The molecule has 0 amide bonds. The molecule has 8 aromatic carbocycles. The third-order valence-corrected chi connectivity index (χ3v) is 21.1. The number of hydrogen-bond acceptors (Lipinski definition) is 1. The van der Waals surface area contributed by atoms with Crippen molar-refractivity contribution in [1.82, 2.24) is 0 Å². The minimum atomic E-state index is 1.02. The van der Waals surface area contributed by atoms with E-state index in [1.807, 2.05) is 0 Å². The van der Waals surface area contributed by atoms with Crippen LogP contribution in [0.15, 0.2) is 4.42 Å². The van der Waals surface area contributed by atoms with Crippen LogP contribution in [-0.4, -0.2) is 0 Å². The lowest BCUT2D eigenvalue weighted by molar-refractivity contribution is 0.661. The van der Waals surface area contributed by atoms with Crippen LogP contribution in [0.2, 0.25) is 0 Å². The molecule has 1 nitrogen and oxygen atoms in total. The Balaban J connectivity index is 1.67. The first-order chi connectivity index (χ1) is 34.0. The Bertz CT molecular complexity index is 3910. The monoisotopic (exact) mass is 965 g/mol. The van der Waals surface area contributed by atoms with Gasteiger partial charge in [-0.3, -0.25) is 0 Å². The molecule has 0 bridgehead atoms. The van der Waals surface area contributed by atoms with Crippen molar-refractivity contribution in [3.63, 3.8) is 0 Å².